The molecule has 0 fully saturated rings. The van der Waals surface area contributed by atoms with Gasteiger partial charge in [0.15, 0.2) is 5.65 Å². The maximum absolute atomic E-state index is 13.3. The summed E-state index contributed by atoms with van der Waals surface area (Å²) in [5.41, 5.74) is 7.35. The number of rotatable bonds is 9. The number of aliphatic hydroxyl groups excluding tert-OH is 1. The van der Waals surface area contributed by atoms with E-state index in [1.807, 2.05) is 89.8 Å². The van der Waals surface area contributed by atoms with Gasteiger partial charge in [0.05, 0.1) is 17.5 Å². The van der Waals surface area contributed by atoms with Crippen molar-refractivity contribution in [2.45, 2.75) is 59.7 Å². The third-order valence-electron chi connectivity index (χ3n) is 7.84. The fraction of sp³-hybridized carbons (Fsp3) is 0.333. The summed E-state index contributed by atoms with van der Waals surface area (Å²) in [6, 6.07) is 16.1. The Morgan fingerprint density at radius 3 is 2.57 bits per heavy atom. The Bertz CT molecular complexity index is 1750. The van der Waals surface area contributed by atoms with Crippen molar-refractivity contribution in [1.29, 1.82) is 0 Å². The summed E-state index contributed by atoms with van der Waals surface area (Å²) >= 11 is 0. The van der Waals surface area contributed by atoms with E-state index in [4.69, 9.17) is 10.1 Å². The highest BCUT2D eigenvalue weighted by atomic mass is 16.3. The number of anilines is 1. The second-order valence-electron chi connectivity index (χ2n) is 11.1. The highest BCUT2D eigenvalue weighted by molar-refractivity contribution is 5.97. The molecule has 0 spiro atoms. The van der Waals surface area contributed by atoms with Crippen molar-refractivity contribution in [2.75, 3.05) is 12.4 Å². The molecular weight excluding hydrogens is 526 g/mol. The van der Waals surface area contributed by atoms with Crippen molar-refractivity contribution in [3.05, 3.63) is 89.0 Å². The molecule has 2 aromatic carbocycles. The van der Waals surface area contributed by atoms with Crippen molar-refractivity contribution in [3.63, 3.8) is 0 Å². The minimum absolute atomic E-state index is 0.0244. The number of aryl methyl sites for hydroxylation is 3. The smallest absolute Gasteiger partial charge is 0.254 e. The van der Waals surface area contributed by atoms with Crippen LogP contribution in [-0.2, 0) is 13.6 Å². The van der Waals surface area contributed by atoms with Gasteiger partial charge < -0.3 is 19.9 Å². The zero-order valence-electron chi connectivity index (χ0n) is 25.4. The molecule has 2 N–H and O–H groups in total. The quantitative estimate of drug-likeness (QED) is 0.229. The number of aliphatic hydroxyl groups is 1. The van der Waals surface area contributed by atoms with Crippen LogP contribution in [0.4, 0.5) is 5.82 Å². The van der Waals surface area contributed by atoms with Gasteiger partial charge >= 0.3 is 0 Å². The Morgan fingerprint density at radius 2 is 1.88 bits per heavy atom. The number of hydrogen-bond donors (Lipinski definition) is 2. The number of nitrogens with one attached hydrogen (secondary N) is 1. The van der Waals surface area contributed by atoms with Crippen LogP contribution in [0, 0.1) is 13.8 Å². The molecule has 9 heteroatoms. The average molecular weight is 566 g/mol. The van der Waals surface area contributed by atoms with Crippen molar-refractivity contribution in [2.24, 2.45) is 7.05 Å². The molecule has 3 aromatic heterocycles. The van der Waals surface area contributed by atoms with Gasteiger partial charge in [-0.1, -0.05) is 37.3 Å². The molecule has 1 atom stereocenters. The number of benzene rings is 2. The van der Waals surface area contributed by atoms with Crippen LogP contribution < -0.4 is 5.32 Å². The monoisotopic (exact) mass is 565 g/mol. The molecule has 9 nitrogen and oxygen atoms in total. The molecule has 0 aliphatic heterocycles. The summed E-state index contributed by atoms with van der Waals surface area (Å²) < 4.78 is 3.79. The molecule has 0 saturated heterocycles. The van der Waals surface area contributed by atoms with Gasteiger partial charge in [-0.15, -0.1) is 0 Å². The minimum Gasteiger partial charge on any atom is -0.387 e. The molecule has 0 radical (unpaired) electrons. The van der Waals surface area contributed by atoms with Crippen LogP contribution in [0.25, 0.3) is 28.2 Å². The fourth-order valence-corrected chi connectivity index (χ4v) is 5.08. The first kappa shape index (κ1) is 29.0. The van der Waals surface area contributed by atoms with Gasteiger partial charge in [0.2, 0.25) is 0 Å². The fourth-order valence-electron chi connectivity index (χ4n) is 5.08. The molecular formula is C33H39N7O2. The summed E-state index contributed by atoms with van der Waals surface area (Å²) in [5, 5.41) is 19.2. The first-order valence-corrected chi connectivity index (χ1v) is 14.4. The zero-order chi connectivity index (χ0) is 30.1. The predicted molar refractivity (Wildman–Crippen MR) is 166 cm³/mol. The third kappa shape index (κ3) is 5.52. The summed E-state index contributed by atoms with van der Waals surface area (Å²) in [6.07, 6.45) is 3.53. The lowest BCUT2D eigenvalue weighted by molar-refractivity contribution is 0.0754. The van der Waals surface area contributed by atoms with Crippen LogP contribution in [0.3, 0.4) is 0 Å². The normalized spacial score (nSPS) is 12.2. The van der Waals surface area contributed by atoms with Crippen LogP contribution in [0.1, 0.15) is 66.2 Å². The SMILES string of the molecule is CC[C@H](O)c1cc(NCc2cccc(-c3nccn3C)c2)n2nc(C)c(-c3ccc(C)c(C(=O)N(C)C(C)C)c3)c2n1. The van der Waals surface area contributed by atoms with Crippen LogP contribution in [0.2, 0.25) is 0 Å². The summed E-state index contributed by atoms with van der Waals surface area (Å²) in [7, 11) is 3.80. The van der Waals surface area contributed by atoms with Crippen LogP contribution in [0.5, 0.6) is 0 Å². The molecule has 0 aliphatic carbocycles. The zero-order valence-corrected chi connectivity index (χ0v) is 25.4. The van der Waals surface area contributed by atoms with E-state index < -0.39 is 6.10 Å². The molecule has 3 heterocycles. The highest BCUT2D eigenvalue weighted by Crippen LogP contribution is 2.32. The Morgan fingerprint density at radius 1 is 1.10 bits per heavy atom. The van der Waals surface area contributed by atoms with Crippen molar-refractivity contribution in [3.8, 4) is 22.5 Å². The standard InChI is InChI=1S/C33H39N7O2/c1-8-28(41)27-18-29(35-19-23-10-9-11-25(16-23)31-34-14-15-38(31)6)40-32(36-27)30(22(5)37-40)24-13-12-21(4)26(17-24)33(42)39(7)20(2)3/h9-18,20,28,35,41H,8,19H2,1-7H3/t28-/m0/s1. The molecule has 0 unspecified atom stereocenters. The van der Waals surface area contributed by atoms with E-state index in [0.29, 0.717) is 29.9 Å². The van der Waals surface area contributed by atoms with E-state index in [2.05, 4.69) is 28.5 Å². The number of amides is 1. The highest BCUT2D eigenvalue weighted by Gasteiger charge is 2.22. The second-order valence-corrected chi connectivity index (χ2v) is 11.1. The molecule has 42 heavy (non-hydrogen) atoms. The molecule has 5 rings (SSSR count). The second kappa shape index (κ2) is 11.8. The number of carbonyl (C=O) groups excluding carboxylic acids is 1. The molecule has 218 valence electrons. The molecule has 0 bridgehead atoms. The summed E-state index contributed by atoms with van der Waals surface area (Å²) in [6.45, 7) is 10.4. The predicted octanol–water partition coefficient (Wildman–Crippen LogP) is 5.95. The maximum atomic E-state index is 13.3. The van der Waals surface area contributed by atoms with Gasteiger partial charge in [0.25, 0.3) is 5.91 Å². The first-order valence-electron chi connectivity index (χ1n) is 14.4. The summed E-state index contributed by atoms with van der Waals surface area (Å²) in [5.74, 6) is 1.60. The van der Waals surface area contributed by atoms with Gasteiger partial charge in [0, 0.05) is 61.8 Å². The Labute approximate surface area is 246 Å². The number of hydrogen-bond acceptors (Lipinski definition) is 6. The number of nitrogens with zero attached hydrogens (tertiary/aromatic N) is 6. The maximum Gasteiger partial charge on any atom is 0.254 e. The van der Waals surface area contributed by atoms with E-state index in [0.717, 1.165) is 45.2 Å². The number of carbonyl (C=O) groups is 1. The molecule has 5 aromatic rings. The Kier molecular flexibility index (Phi) is 8.13. The van der Waals surface area contributed by atoms with Gasteiger partial charge in [-0.3, -0.25) is 4.79 Å². The largest absolute Gasteiger partial charge is 0.387 e. The van der Waals surface area contributed by atoms with Gasteiger partial charge in [-0.05, 0) is 62.9 Å². The average Bonchev–Trinajstić information content (AvgIpc) is 3.57. The van der Waals surface area contributed by atoms with Crippen molar-refractivity contribution < 1.29 is 9.90 Å². The molecule has 0 saturated carbocycles. The number of aromatic nitrogens is 5. The van der Waals surface area contributed by atoms with E-state index in [9.17, 15) is 9.90 Å². The van der Waals surface area contributed by atoms with E-state index in [-0.39, 0.29) is 11.9 Å². The van der Waals surface area contributed by atoms with E-state index >= 15 is 0 Å². The van der Waals surface area contributed by atoms with Crippen LogP contribution >= 0.6 is 0 Å². The van der Waals surface area contributed by atoms with Crippen molar-refractivity contribution >= 4 is 17.4 Å². The minimum atomic E-state index is -0.722. The number of fused-ring (bicyclic) bond motifs is 1. The lowest BCUT2D eigenvalue weighted by Gasteiger charge is -2.22. The lowest BCUT2D eigenvalue weighted by Crippen LogP contribution is -2.33. The number of imidazole rings is 1. The van der Waals surface area contributed by atoms with Crippen molar-refractivity contribution in [1.82, 2.24) is 29.0 Å². The molecule has 1 amide bonds. The topological polar surface area (TPSA) is 101 Å². The van der Waals surface area contributed by atoms with Gasteiger partial charge in [0.1, 0.15) is 11.6 Å². The van der Waals surface area contributed by atoms with Gasteiger partial charge in [-0.2, -0.15) is 9.61 Å². The Balaban J connectivity index is 1.56. The molecule has 0 aliphatic rings. The van der Waals surface area contributed by atoms with Gasteiger partial charge in [-0.25, -0.2) is 9.97 Å². The van der Waals surface area contributed by atoms with Crippen LogP contribution in [0.15, 0.2) is 60.9 Å². The first-order chi connectivity index (χ1) is 20.1. The summed E-state index contributed by atoms with van der Waals surface area (Å²) in [4.78, 5) is 24.4. The lowest BCUT2D eigenvalue weighted by atomic mass is 9.98. The third-order valence-corrected chi connectivity index (χ3v) is 7.84. The Hall–Kier alpha value is -4.50. The van der Waals surface area contributed by atoms with E-state index in [1.54, 1.807) is 15.6 Å². The van der Waals surface area contributed by atoms with E-state index in [1.165, 1.54) is 0 Å². The van der Waals surface area contributed by atoms with Crippen LogP contribution in [-0.4, -0.2) is 53.2 Å².